The highest BCUT2D eigenvalue weighted by atomic mass is 16.5. The molecule has 6 nitrogen and oxygen atoms in total. The molecule has 0 N–H and O–H groups in total. The molecule has 0 saturated carbocycles. The van der Waals surface area contributed by atoms with Crippen molar-refractivity contribution in [2.45, 2.75) is 6.54 Å². The first-order chi connectivity index (χ1) is 13.9. The van der Waals surface area contributed by atoms with Gasteiger partial charge in [-0.05, 0) is 18.2 Å². The summed E-state index contributed by atoms with van der Waals surface area (Å²) in [6, 6.07) is 16.4. The summed E-state index contributed by atoms with van der Waals surface area (Å²) in [6.07, 6.45) is 0. The van der Waals surface area contributed by atoms with E-state index in [4.69, 9.17) is 19.4 Å². The number of nitrogens with zero attached hydrogens (tertiary/aromatic N) is 4. The lowest BCUT2D eigenvalue weighted by Crippen LogP contribution is -2.38. The smallest absolute Gasteiger partial charge is 0.160 e. The first kappa shape index (κ1) is 17.6. The van der Waals surface area contributed by atoms with Gasteiger partial charge in [0.25, 0.3) is 0 Å². The Bertz CT molecular complexity index is 1100. The van der Waals surface area contributed by atoms with Gasteiger partial charge in [-0.25, -0.2) is 9.97 Å². The van der Waals surface area contributed by atoms with Crippen molar-refractivity contribution in [3.63, 3.8) is 0 Å². The van der Waals surface area contributed by atoms with Crippen molar-refractivity contribution in [3.05, 3.63) is 48.5 Å². The molecule has 28 heavy (non-hydrogen) atoms. The van der Waals surface area contributed by atoms with Gasteiger partial charge in [-0.3, -0.25) is 4.90 Å². The van der Waals surface area contributed by atoms with Crippen molar-refractivity contribution in [1.82, 2.24) is 19.4 Å². The Morgan fingerprint density at radius 3 is 2.43 bits per heavy atom. The fourth-order valence-electron chi connectivity index (χ4n) is 3.89. The van der Waals surface area contributed by atoms with Crippen molar-refractivity contribution in [2.24, 2.45) is 0 Å². The Morgan fingerprint density at radius 1 is 0.857 bits per heavy atom. The Hall–Kier alpha value is -2.54. The third kappa shape index (κ3) is 3.35. The van der Waals surface area contributed by atoms with Crippen LogP contribution >= 0.6 is 0 Å². The maximum absolute atomic E-state index is 5.94. The number of fused-ring (bicyclic) bond motifs is 4. The number of hydrogen-bond donors (Lipinski definition) is 0. The summed E-state index contributed by atoms with van der Waals surface area (Å²) in [4.78, 5) is 12.2. The molecule has 4 aromatic rings. The van der Waals surface area contributed by atoms with Gasteiger partial charge in [0.1, 0.15) is 5.52 Å². The van der Waals surface area contributed by atoms with E-state index in [1.54, 1.807) is 0 Å². The lowest BCUT2D eigenvalue weighted by atomic mass is 10.2. The summed E-state index contributed by atoms with van der Waals surface area (Å²) < 4.78 is 13.6. The van der Waals surface area contributed by atoms with E-state index < -0.39 is 0 Å². The summed E-state index contributed by atoms with van der Waals surface area (Å²) in [5.41, 5.74) is 4.90. The van der Waals surface area contributed by atoms with E-state index in [-0.39, 0.29) is 0 Å². The number of ether oxygens (including phenoxy) is 2. The molecule has 5 rings (SSSR count). The molecule has 6 heteroatoms. The quantitative estimate of drug-likeness (QED) is 0.484. The van der Waals surface area contributed by atoms with Gasteiger partial charge in [0.15, 0.2) is 5.65 Å². The van der Waals surface area contributed by atoms with E-state index in [1.165, 1.54) is 0 Å². The molecule has 2 aromatic heterocycles. The molecule has 0 unspecified atom stereocenters. The zero-order valence-corrected chi connectivity index (χ0v) is 15.9. The van der Waals surface area contributed by atoms with Crippen LogP contribution in [0, 0.1) is 0 Å². The fourth-order valence-corrected chi connectivity index (χ4v) is 3.89. The molecular weight excluding hydrogens is 352 g/mol. The molecule has 0 amide bonds. The average molecular weight is 376 g/mol. The topological polar surface area (TPSA) is 52.4 Å². The Labute approximate surface area is 163 Å². The molecule has 0 bridgehead atoms. The number of benzene rings is 2. The van der Waals surface area contributed by atoms with Crippen LogP contribution in [0.15, 0.2) is 48.5 Å². The summed E-state index contributed by atoms with van der Waals surface area (Å²) in [6.45, 7) is 6.78. The second kappa shape index (κ2) is 7.83. The predicted octanol–water partition coefficient (Wildman–Crippen LogP) is 3.09. The van der Waals surface area contributed by atoms with E-state index in [0.29, 0.717) is 6.61 Å². The standard InChI is InChI=1S/C22H24N4O2/c1-4-8-20-17(5-1)21-22(24-19-7-3-2-6-18(19)23-21)26(20)12-16-28-15-11-25-9-13-27-14-10-25/h1-8H,9-16H2. The minimum absolute atomic E-state index is 0.659. The number of hydrogen-bond acceptors (Lipinski definition) is 5. The van der Waals surface area contributed by atoms with Crippen LogP contribution in [0.25, 0.3) is 33.1 Å². The largest absolute Gasteiger partial charge is 0.379 e. The van der Waals surface area contributed by atoms with Gasteiger partial charge in [-0.15, -0.1) is 0 Å². The number of morpholine rings is 1. The normalized spacial score (nSPS) is 15.7. The molecule has 1 fully saturated rings. The van der Waals surface area contributed by atoms with Crippen molar-refractivity contribution >= 4 is 33.1 Å². The molecule has 0 atom stereocenters. The predicted molar refractivity (Wildman–Crippen MR) is 111 cm³/mol. The maximum atomic E-state index is 5.94. The molecule has 1 aliphatic heterocycles. The lowest BCUT2D eigenvalue weighted by molar-refractivity contribution is 0.0197. The Kier molecular flexibility index (Phi) is 4.91. The molecule has 3 heterocycles. The highest BCUT2D eigenvalue weighted by Crippen LogP contribution is 2.27. The fraction of sp³-hybridized carbons (Fsp3) is 0.364. The van der Waals surface area contributed by atoms with Gasteiger partial charge >= 0.3 is 0 Å². The molecule has 2 aromatic carbocycles. The van der Waals surface area contributed by atoms with Gasteiger partial charge in [0.2, 0.25) is 0 Å². The molecule has 1 saturated heterocycles. The second-order valence-corrected chi connectivity index (χ2v) is 7.12. The lowest BCUT2D eigenvalue weighted by Gasteiger charge is -2.26. The zero-order chi connectivity index (χ0) is 18.8. The van der Waals surface area contributed by atoms with Gasteiger partial charge in [-0.2, -0.15) is 0 Å². The van der Waals surface area contributed by atoms with Crippen LogP contribution in [0.5, 0.6) is 0 Å². The van der Waals surface area contributed by atoms with Crippen LogP contribution in [0.3, 0.4) is 0 Å². The summed E-state index contributed by atoms with van der Waals surface area (Å²) >= 11 is 0. The van der Waals surface area contributed by atoms with Crippen molar-refractivity contribution < 1.29 is 9.47 Å². The molecular formula is C22H24N4O2. The first-order valence-electron chi connectivity index (χ1n) is 9.92. The molecule has 0 radical (unpaired) electrons. The SMILES string of the molecule is c1ccc2nc3c(nc2c1)c1ccccc1n3CCOCCN1CCOCC1. The number of aromatic nitrogens is 3. The van der Waals surface area contributed by atoms with Crippen LogP contribution < -0.4 is 0 Å². The van der Waals surface area contributed by atoms with Gasteiger partial charge in [0.05, 0.1) is 43.0 Å². The summed E-state index contributed by atoms with van der Waals surface area (Å²) in [5, 5.41) is 1.14. The third-order valence-corrected chi connectivity index (χ3v) is 5.37. The zero-order valence-electron chi connectivity index (χ0n) is 15.9. The maximum Gasteiger partial charge on any atom is 0.160 e. The van der Waals surface area contributed by atoms with Gasteiger partial charge in [0, 0.05) is 31.6 Å². The highest BCUT2D eigenvalue weighted by Gasteiger charge is 2.14. The molecule has 1 aliphatic rings. The van der Waals surface area contributed by atoms with Crippen LogP contribution in [-0.2, 0) is 16.0 Å². The second-order valence-electron chi connectivity index (χ2n) is 7.12. The first-order valence-corrected chi connectivity index (χ1v) is 9.92. The Morgan fingerprint density at radius 2 is 1.57 bits per heavy atom. The van der Waals surface area contributed by atoms with Gasteiger partial charge in [-0.1, -0.05) is 30.3 Å². The van der Waals surface area contributed by atoms with Crippen LogP contribution in [0.4, 0.5) is 0 Å². The van der Waals surface area contributed by atoms with Crippen LogP contribution in [0.2, 0.25) is 0 Å². The summed E-state index contributed by atoms with van der Waals surface area (Å²) in [5.74, 6) is 0. The molecule has 144 valence electrons. The van der Waals surface area contributed by atoms with E-state index in [1.807, 2.05) is 24.3 Å². The minimum Gasteiger partial charge on any atom is -0.379 e. The van der Waals surface area contributed by atoms with E-state index in [2.05, 4.69) is 33.7 Å². The van der Waals surface area contributed by atoms with Crippen molar-refractivity contribution in [1.29, 1.82) is 0 Å². The highest BCUT2D eigenvalue weighted by molar-refractivity contribution is 6.06. The van der Waals surface area contributed by atoms with E-state index in [0.717, 1.165) is 79.1 Å². The summed E-state index contributed by atoms with van der Waals surface area (Å²) in [7, 11) is 0. The third-order valence-electron chi connectivity index (χ3n) is 5.37. The van der Waals surface area contributed by atoms with Crippen molar-refractivity contribution in [3.8, 4) is 0 Å². The van der Waals surface area contributed by atoms with Crippen molar-refractivity contribution in [2.75, 3.05) is 46.1 Å². The van der Waals surface area contributed by atoms with E-state index in [9.17, 15) is 0 Å². The number of para-hydroxylation sites is 3. The molecule has 0 spiro atoms. The minimum atomic E-state index is 0.659. The number of rotatable bonds is 6. The van der Waals surface area contributed by atoms with Crippen LogP contribution in [-0.4, -0.2) is 65.5 Å². The molecule has 0 aliphatic carbocycles. The average Bonchev–Trinajstić information content (AvgIpc) is 3.05. The van der Waals surface area contributed by atoms with E-state index >= 15 is 0 Å². The van der Waals surface area contributed by atoms with Gasteiger partial charge < -0.3 is 14.0 Å². The van der Waals surface area contributed by atoms with Crippen LogP contribution in [0.1, 0.15) is 0 Å². The Balaban J connectivity index is 1.37. The monoisotopic (exact) mass is 376 g/mol.